The van der Waals surface area contributed by atoms with E-state index in [2.05, 4.69) is 90.7 Å². The van der Waals surface area contributed by atoms with Crippen LogP contribution >= 0.6 is 40.3 Å². The molecule has 21 N–H and O–H groups in total. The molecule has 21 rings (SSSR count). The number of nitrogens with one attached hydrogen (secondary N) is 3. The van der Waals surface area contributed by atoms with E-state index in [1.54, 1.807) is 0 Å². The first-order valence-corrected chi connectivity index (χ1v) is 54.2. The summed E-state index contributed by atoms with van der Waals surface area (Å²) in [5, 5.41) is 22.7. The molecule has 12 aromatic rings. The van der Waals surface area contributed by atoms with Gasteiger partial charge in [-0.15, -0.1) is 15.3 Å². The van der Waals surface area contributed by atoms with Gasteiger partial charge in [-0.1, -0.05) is 15.6 Å². The second-order valence-corrected chi connectivity index (χ2v) is 47.0. The molecule has 0 saturated carbocycles. The molecule has 0 aromatic carbocycles. The van der Waals surface area contributed by atoms with Crippen molar-refractivity contribution in [1.82, 2.24) is 118 Å². The fourth-order valence-electron chi connectivity index (χ4n) is 15.6. The first-order valence-electron chi connectivity index (χ1n) is 38.7. The van der Waals surface area contributed by atoms with Crippen molar-refractivity contribution in [1.29, 1.82) is 0 Å². The summed E-state index contributed by atoms with van der Waals surface area (Å²) in [5.74, 6) is -0.882. The van der Waals surface area contributed by atoms with Gasteiger partial charge in [0.15, 0.2) is 125 Å². The molecule has 21 heterocycles. The third kappa shape index (κ3) is 18.7. The fraction of sp³-hybridized carbons (Fsp3) is 0.500. The summed E-state index contributed by atoms with van der Waals surface area (Å²) in [4.78, 5) is 146. The molecule has 9 aliphatic rings. The molecule has 9 saturated heterocycles. The third-order valence-corrected chi connectivity index (χ3v) is 31.0. The van der Waals surface area contributed by atoms with E-state index in [1.165, 1.54) is 69.5 Å². The van der Waals surface area contributed by atoms with Crippen molar-refractivity contribution in [3.63, 3.8) is 0 Å². The second kappa shape index (κ2) is 36.6. The normalized spacial score (nSPS) is 37.7. The lowest BCUT2D eigenvalue weighted by Crippen LogP contribution is -2.34. The van der Waals surface area contributed by atoms with Gasteiger partial charge in [0.1, 0.15) is 89.8 Å². The molecule has 0 radical (unpaired) electrons. The molecule has 6 bridgehead atoms. The first kappa shape index (κ1) is 95.9. The van der Waals surface area contributed by atoms with Crippen LogP contribution in [0, 0.1) is 0 Å². The summed E-state index contributed by atoms with van der Waals surface area (Å²) in [5.41, 5.74) is 33.6. The minimum Gasteiger partial charge on any atom is -0.397 e. The van der Waals surface area contributed by atoms with E-state index in [0.29, 0.717) is 0 Å². The number of anilines is 6. The van der Waals surface area contributed by atoms with Crippen LogP contribution in [0.15, 0.2) is 70.2 Å². The van der Waals surface area contributed by atoms with Gasteiger partial charge in [0.2, 0.25) is 17.8 Å². The van der Waals surface area contributed by atoms with Crippen LogP contribution in [0.1, 0.15) is 37.4 Å². The number of halogens is 6. The van der Waals surface area contributed by atoms with Crippen LogP contribution in [0.5, 0.6) is 0 Å². The minimum atomic E-state index is -4.37. The molecule has 9 aliphatic heterocycles. The van der Waals surface area contributed by atoms with Crippen LogP contribution in [-0.2, 0) is 154 Å². The number of ether oxygens (including phenoxy) is 6. The molecule has 30 atom stereocenters. The lowest BCUT2D eigenvalue weighted by atomic mass is 10.1. The first-order chi connectivity index (χ1) is 63.9. The van der Waals surface area contributed by atoms with Crippen molar-refractivity contribution in [3.8, 4) is 0 Å². The highest BCUT2D eigenvalue weighted by Gasteiger charge is 2.59. The number of fused-ring (bicyclic) bond motifs is 15. The Balaban J connectivity index is 0.000000130. The molecule has 6 unspecified atom stereocenters. The molecule has 9 fully saturated rings. The van der Waals surface area contributed by atoms with E-state index in [1.807, 2.05) is 0 Å². The van der Waals surface area contributed by atoms with E-state index < -0.39 is 244 Å². The SMILES string of the molecule is Nc1nc2c(nnn2[C@@H]2O[C@@H]3COP(O)(=S)O[C@H]4[C@H](F)[C@H](n5cnc6c(N)ccnc65)O[C@@H]4COP(O)(=S)O[C@@H]2[C@@H]3F)c(=O)[nH]1.Nc1nc2c(nnn2[C@@H]2O[C@@H]3COP(O)(=S)O[C@H]4[C@H](F)[C@H](n5cnc6c(N)ccnc65)O[C@@H]4COP(O)(=S)O[C@@H]2[C@@H]3F)c(=O)[nH]1.Nc1nc2c(nnn2[C@@H]2O[C@@H]3COP(O)(=S)O[C@H]4[C@H](F)[C@H](n5cnc6c(N)ccnc65)O[C@@H]4COP(O)(=S)O[C@@H]2[C@@H]3F)c(=O)[nH]1. The summed E-state index contributed by atoms with van der Waals surface area (Å²) < 4.78 is 203. The molecule has 726 valence electrons. The smallest absolute Gasteiger partial charge is 0.325 e. The highest BCUT2D eigenvalue weighted by molar-refractivity contribution is 8.08. The van der Waals surface area contributed by atoms with Crippen LogP contribution in [0.4, 0.5) is 61.2 Å². The monoisotopic (exact) mass is 2130 g/mol. The number of imidazole rings is 3. The van der Waals surface area contributed by atoms with E-state index in [0.717, 1.165) is 14.0 Å². The Morgan fingerprint density at radius 1 is 0.319 bits per heavy atom. The summed E-state index contributed by atoms with van der Waals surface area (Å²) >= 11 is 30.8. The van der Waals surface area contributed by atoms with Crippen molar-refractivity contribution >= 4 is 213 Å². The number of pyridine rings is 3. The molecule has 0 aliphatic carbocycles. The highest BCUT2D eigenvalue weighted by atomic mass is 32.5. The average molecular weight is 2130 g/mol. The summed E-state index contributed by atoms with van der Waals surface area (Å²) in [6.45, 7) is -30.2. The lowest BCUT2D eigenvalue weighted by molar-refractivity contribution is -0.0639. The Labute approximate surface area is 774 Å². The van der Waals surface area contributed by atoms with Gasteiger partial charge in [0.25, 0.3) is 16.7 Å². The predicted octanol–water partition coefficient (Wildman–Crippen LogP) is -0.463. The predicted molar refractivity (Wildman–Crippen MR) is 464 cm³/mol. The van der Waals surface area contributed by atoms with Crippen molar-refractivity contribution in [2.75, 3.05) is 74.0 Å². The van der Waals surface area contributed by atoms with E-state index >= 15 is 26.3 Å². The van der Waals surface area contributed by atoms with Gasteiger partial charge < -0.3 is 119 Å². The number of aromatic nitrogens is 24. The van der Waals surface area contributed by atoms with E-state index in [-0.39, 0.29) is 102 Å². The van der Waals surface area contributed by atoms with Crippen molar-refractivity contribution in [3.05, 3.63) is 86.8 Å². The largest absolute Gasteiger partial charge is 0.397 e. The zero-order valence-electron chi connectivity index (χ0n) is 66.8. The summed E-state index contributed by atoms with van der Waals surface area (Å²) in [6.07, 6.45) is -32.1. The van der Waals surface area contributed by atoms with E-state index in [9.17, 15) is 43.7 Å². The number of nitrogen functional groups attached to an aromatic ring is 6. The van der Waals surface area contributed by atoms with Crippen molar-refractivity contribution < 1.29 is 138 Å². The molecule has 135 heavy (non-hydrogen) atoms. The Kier molecular flexibility index (Phi) is 26.0. The molecule has 75 heteroatoms. The minimum absolute atomic E-state index is 0.195. The number of hydrogen-bond donors (Lipinski definition) is 15. The quantitative estimate of drug-likeness (QED) is 0.0739. The summed E-state index contributed by atoms with van der Waals surface area (Å²) in [6, 6.07) is 4.55. The molecule has 57 nitrogen and oxygen atoms in total. The average Bonchev–Trinajstić information content (AvgIpc) is 1.63. The van der Waals surface area contributed by atoms with Crippen molar-refractivity contribution in [2.45, 2.75) is 148 Å². The molecule has 0 amide bonds. The molecule has 12 aromatic heterocycles. The number of aromatic amines is 3. The van der Waals surface area contributed by atoms with Gasteiger partial charge >= 0.3 is 40.3 Å². The topological polar surface area (TPSA) is 765 Å². The Hall–Kier alpha value is -7.98. The van der Waals surface area contributed by atoms with Gasteiger partial charge in [0.05, 0.1) is 75.7 Å². The standard InChI is InChI=1S/3C20H22F2N10O9P2S2/c3*21-9-7-3-36-42(34,44)40-13-8(39-18(10(13)22)31-5-26-11-6(23)1-2-25-15(11)31)4-37-43(35,45)41-14(9)19(38-7)32-16-12(29-30-32)17(33)28-20(24)27-16/h3*1-2,5,7-10,13-14,18-19H,3-4H2,(H2,23,25)(H,34,44)(H,35,45)(H3,24,27,28,33)/t3*7-,8-,9-,10+,13-,14-,18-,19-,42?,43?/m111/s1. The fourth-order valence-corrected chi connectivity index (χ4v) is 24.1. The number of rotatable bonds is 6. The maximum atomic E-state index is 16.0. The second-order valence-electron chi connectivity index (χ2n) is 30.2. The van der Waals surface area contributed by atoms with Gasteiger partial charge in [-0.05, 0) is 89.0 Å². The van der Waals surface area contributed by atoms with Crippen LogP contribution in [0.2, 0.25) is 0 Å². The van der Waals surface area contributed by atoms with Gasteiger partial charge in [0, 0.05) is 18.6 Å². The number of H-pyrrole nitrogens is 3. The van der Waals surface area contributed by atoms with Crippen LogP contribution < -0.4 is 51.1 Å². The lowest BCUT2D eigenvalue weighted by Gasteiger charge is -2.27. The van der Waals surface area contributed by atoms with Gasteiger partial charge in [-0.25, -0.2) is 56.2 Å². The Morgan fingerprint density at radius 3 is 0.800 bits per heavy atom. The van der Waals surface area contributed by atoms with Crippen molar-refractivity contribution in [2.24, 2.45) is 0 Å². The van der Waals surface area contributed by atoms with E-state index in [4.69, 9.17) is 188 Å². The van der Waals surface area contributed by atoms with Crippen LogP contribution in [0.25, 0.3) is 67.0 Å². The zero-order chi connectivity index (χ0) is 95.5. The highest BCUT2D eigenvalue weighted by Crippen LogP contribution is 2.60. The number of hydrogen-bond acceptors (Lipinski definition) is 48. The number of alkyl halides is 6. The third-order valence-electron chi connectivity index (χ3n) is 21.6. The van der Waals surface area contributed by atoms with Gasteiger partial charge in [-0.2, -0.15) is 29.0 Å². The number of nitrogens with zero attached hydrogens (tertiary/aromatic N) is 21. The van der Waals surface area contributed by atoms with Crippen LogP contribution in [0.3, 0.4) is 0 Å². The Morgan fingerprint density at radius 2 is 0.548 bits per heavy atom. The Bertz CT molecular complexity index is 6510. The maximum Gasteiger partial charge on any atom is 0.325 e. The maximum absolute atomic E-state index is 16.0. The number of nitrogens with two attached hydrogens (primary N) is 6. The molecule has 0 spiro atoms. The molecular formula is C60H66F6N30O27P6S6. The molecular weight excluding hydrogens is 2070 g/mol. The van der Waals surface area contributed by atoms with Crippen LogP contribution in [-0.4, -0.2) is 298 Å². The zero-order valence-corrected chi connectivity index (χ0v) is 77.1. The summed E-state index contributed by atoms with van der Waals surface area (Å²) in [7, 11) is 0. The van der Waals surface area contributed by atoms with Gasteiger partial charge in [-0.3, -0.25) is 70.2 Å².